The molecule has 3 rings (SSSR count). The van der Waals surface area contributed by atoms with E-state index in [2.05, 4.69) is 69.6 Å². The highest BCUT2D eigenvalue weighted by Crippen LogP contribution is 2.19. The Bertz CT molecular complexity index is 737. The Balaban J connectivity index is 1.67. The lowest BCUT2D eigenvalue weighted by atomic mass is 10.2. The number of piperazine rings is 1. The van der Waals surface area contributed by atoms with Crippen LogP contribution in [-0.2, 0) is 13.0 Å². The fourth-order valence-electron chi connectivity index (χ4n) is 3.33. The van der Waals surface area contributed by atoms with Gasteiger partial charge in [0.25, 0.3) is 0 Å². The van der Waals surface area contributed by atoms with Crippen molar-refractivity contribution in [2.24, 2.45) is 4.99 Å². The van der Waals surface area contributed by atoms with Gasteiger partial charge in [0.05, 0.1) is 6.54 Å². The fourth-order valence-corrected chi connectivity index (χ4v) is 4.02. The van der Waals surface area contributed by atoms with Crippen molar-refractivity contribution in [3.8, 4) is 0 Å². The second-order valence-electron chi connectivity index (χ2n) is 7.20. The summed E-state index contributed by atoms with van der Waals surface area (Å²) in [7, 11) is 4.29. The van der Waals surface area contributed by atoms with Gasteiger partial charge >= 0.3 is 0 Å². The van der Waals surface area contributed by atoms with Crippen molar-refractivity contribution in [3.63, 3.8) is 0 Å². The maximum atomic E-state index is 4.91. The van der Waals surface area contributed by atoms with Crippen LogP contribution in [0.2, 0.25) is 0 Å². The van der Waals surface area contributed by atoms with Gasteiger partial charge in [0, 0.05) is 63.0 Å². The number of hydrogen-bond acceptors (Lipinski definition) is 5. The van der Waals surface area contributed by atoms with Gasteiger partial charge in [-0.3, -0.25) is 0 Å². The summed E-state index contributed by atoms with van der Waals surface area (Å²) in [4.78, 5) is 18.0. The molecule has 0 aliphatic carbocycles. The van der Waals surface area contributed by atoms with Crippen molar-refractivity contribution in [1.82, 2.24) is 20.1 Å². The zero-order valence-corrected chi connectivity index (χ0v) is 18.1. The summed E-state index contributed by atoms with van der Waals surface area (Å²) in [6, 6.07) is 8.47. The van der Waals surface area contributed by atoms with Crippen LogP contribution in [0.3, 0.4) is 0 Å². The number of nitrogens with zero attached hydrogens (tertiary/aromatic N) is 5. The fraction of sp³-hybridized carbons (Fsp3) is 0.524. The number of likely N-dealkylation sites (N-methyl/N-ethyl adjacent to an activating group) is 2. The van der Waals surface area contributed by atoms with E-state index in [0.29, 0.717) is 6.54 Å². The van der Waals surface area contributed by atoms with Gasteiger partial charge in [-0.25, -0.2) is 9.98 Å². The van der Waals surface area contributed by atoms with E-state index >= 15 is 0 Å². The molecule has 1 N–H and O–H groups in total. The van der Waals surface area contributed by atoms with Crippen molar-refractivity contribution in [3.05, 3.63) is 46.3 Å². The van der Waals surface area contributed by atoms with Gasteiger partial charge in [0.2, 0.25) is 0 Å². The lowest BCUT2D eigenvalue weighted by Gasteiger charge is -2.34. The molecule has 0 saturated carbocycles. The van der Waals surface area contributed by atoms with Gasteiger partial charge in [-0.05, 0) is 37.9 Å². The monoisotopic (exact) mass is 400 g/mol. The Morgan fingerprint density at radius 2 is 2.07 bits per heavy atom. The molecule has 0 aromatic carbocycles. The summed E-state index contributed by atoms with van der Waals surface area (Å²) in [6.45, 7) is 8.76. The van der Waals surface area contributed by atoms with Gasteiger partial charge in [-0.1, -0.05) is 12.1 Å². The summed E-state index contributed by atoms with van der Waals surface area (Å²) in [5.74, 6) is 2.03. The second-order valence-corrected chi connectivity index (χ2v) is 8.23. The molecule has 1 aliphatic rings. The number of thiophene rings is 1. The first kappa shape index (κ1) is 20.6. The van der Waals surface area contributed by atoms with Crippen molar-refractivity contribution < 1.29 is 0 Å². The number of pyridine rings is 1. The lowest BCUT2D eigenvalue weighted by Crippen LogP contribution is -2.45. The van der Waals surface area contributed by atoms with E-state index in [1.165, 1.54) is 10.4 Å². The van der Waals surface area contributed by atoms with Crippen LogP contribution in [-0.4, -0.2) is 74.1 Å². The van der Waals surface area contributed by atoms with Crippen LogP contribution in [0.1, 0.15) is 17.4 Å². The van der Waals surface area contributed by atoms with Crippen LogP contribution in [0.15, 0.2) is 40.8 Å². The normalized spacial score (nSPS) is 15.7. The van der Waals surface area contributed by atoms with Crippen molar-refractivity contribution in [1.29, 1.82) is 0 Å². The highest BCUT2D eigenvalue weighted by Gasteiger charge is 2.18. The number of aromatic nitrogens is 1. The topological polar surface area (TPSA) is 47.0 Å². The van der Waals surface area contributed by atoms with Crippen LogP contribution in [0.4, 0.5) is 5.82 Å². The van der Waals surface area contributed by atoms with Crippen molar-refractivity contribution >= 4 is 23.1 Å². The molecule has 152 valence electrons. The molecule has 1 aliphatic heterocycles. The molecule has 0 bridgehead atoms. The molecule has 6 nitrogen and oxygen atoms in total. The van der Waals surface area contributed by atoms with Crippen LogP contribution >= 0.6 is 11.3 Å². The number of anilines is 1. The third kappa shape index (κ3) is 5.69. The molecule has 0 atom stereocenters. The van der Waals surface area contributed by atoms with E-state index in [1.54, 1.807) is 0 Å². The quantitative estimate of drug-likeness (QED) is 0.572. The first-order chi connectivity index (χ1) is 13.7. The summed E-state index contributed by atoms with van der Waals surface area (Å²) >= 11 is 1.81. The van der Waals surface area contributed by atoms with Crippen LogP contribution < -0.4 is 10.2 Å². The minimum absolute atomic E-state index is 0.640. The molecule has 0 amide bonds. The number of hydrogen-bond donors (Lipinski definition) is 1. The molecule has 7 heteroatoms. The summed E-state index contributed by atoms with van der Waals surface area (Å²) in [5, 5.41) is 5.56. The maximum absolute atomic E-state index is 4.91. The Labute approximate surface area is 172 Å². The van der Waals surface area contributed by atoms with Crippen LogP contribution in [0.25, 0.3) is 0 Å². The molecule has 0 radical (unpaired) electrons. The molecule has 28 heavy (non-hydrogen) atoms. The van der Waals surface area contributed by atoms with Gasteiger partial charge < -0.3 is 20.0 Å². The summed E-state index contributed by atoms with van der Waals surface area (Å²) < 4.78 is 0. The van der Waals surface area contributed by atoms with E-state index in [1.807, 2.05) is 23.6 Å². The maximum Gasteiger partial charge on any atom is 0.193 e. The van der Waals surface area contributed by atoms with Gasteiger partial charge in [-0.15, -0.1) is 11.3 Å². The van der Waals surface area contributed by atoms with Crippen LogP contribution in [0, 0.1) is 0 Å². The predicted molar refractivity (Wildman–Crippen MR) is 119 cm³/mol. The molecule has 0 unspecified atom stereocenters. The number of rotatable bonds is 7. The lowest BCUT2D eigenvalue weighted by molar-refractivity contribution is 0.312. The highest BCUT2D eigenvalue weighted by atomic mass is 32.1. The van der Waals surface area contributed by atoms with E-state index in [4.69, 9.17) is 4.99 Å². The largest absolute Gasteiger partial charge is 0.357 e. The molecular formula is C21H32N6S. The SMILES string of the molecule is CCNC(=NCc1cccnc1N1CCN(C)CC1)N(C)CCc1cccs1. The number of guanidine groups is 1. The predicted octanol–water partition coefficient (Wildman–Crippen LogP) is 2.53. The molecule has 2 aromatic rings. The number of nitrogens with one attached hydrogen (secondary N) is 1. The molecule has 3 heterocycles. The van der Waals surface area contributed by atoms with Crippen LogP contribution in [0.5, 0.6) is 0 Å². The minimum Gasteiger partial charge on any atom is -0.357 e. The van der Waals surface area contributed by atoms with Gasteiger partial charge in [-0.2, -0.15) is 0 Å². The third-order valence-corrected chi connectivity index (χ3v) is 5.98. The van der Waals surface area contributed by atoms with Gasteiger partial charge in [0.1, 0.15) is 5.82 Å². The van der Waals surface area contributed by atoms with Crippen molar-refractivity contribution in [2.45, 2.75) is 19.9 Å². The Morgan fingerprint density at radius 3 is 2.79 bits per heavy atom. The first-order valence-corrected chi connectivity index (χ1v) is 10.9. The number of aliphatic imine (C=N–C) groups is 1. The molecule has 1 fully saturated rings. The first-order valence-electron chi connectivity index (χ1n) is 10.1. The van der Waals surface area contributed by atoms with E-state index in [-0.39, 0.29) is 0 Å². The van der Waals surface area contributed by atoms with E-state index in [9.17, 15) is 0 Å². The molecule has 0 spiro atoms. The Kier molecular flexibility index (Phi) is 7.68. The molecular weight excluding hydrogens is 368 g/mol. The summed E-state index contributed by atoms with van der Waals surface area (Å²) in [6.07, 6.45) is 2.93. The zero-order valence-electron chi connectivity index (χ0n) is 17.3. The Hall–Kier alpha value is -2.12. The van der Waals surface area contributed by atoms with E-state index in [0.717, 1.165) is 57.5 Å². The average molecular weight is 401 g/mol. The molecule has 2 aromatic heterocycles. The Morgan fingerprint density at radius 1 is 1.25 bits per heavy atom. The van der Waals surface area contributed by atoms with E-state index < -0.39 is 0 Å². The average Bonchev–Trinajstić information content (AvgIpc) is 3.24. The third-order valence-electron chi connectivity index (χ3n) is 5.04. The minimum atomic E-state index is 0.640. The summed E-state index contributed by atoms with van der Waals surface area (Å²) in [5.41, 5.74) is 1.19. The van der Waals surface area contributed by atoms with Crippen molar-refractivity contribution in [2.75, 3.05) is 58.3 Å². The van der Waals surface area contributed by atoms with Gasteiger partial charge in [0.15, 0.2) is 5.96 Å². The molecule has 1 saturated heterocycles. The zero-order chi connectivity index (χ0) is 19.8. The second kappa shape index (κ2) is 10.4. The highest BCUT2D eigenvalue weighted by molar-refractivity contribution is 7.09. The smallest absolute Gasteiger partial charge is 0.193 e. The standard InChI is InChI=1S/C21H32N6S/c1-4-22-21(26(3)11-9-19-8-6-16-28-19)24-17-18-7-5-10-23-20(18)27-14-12-25(2)13-15-27/h5-8,10,16H,4,9,11-15,17H2,1-3H3,(H,22,24).